The minimum absolute atomic E-state index is 0.00763. The van der Waals surface area contributed by atoms with Crippen LogP contribution in [0.3, 0.4) is 0 Å². The van der Waals surface area contributed by atoms with Crippen LogP contribution in [0.15, 0.2) is 140 Å². The molecule has 0 atom stereocenters. The average molecular weight is 1500 g/mol. The molecule has 1 fully saturated rings. The number of carbonyl (C=O) groups is 5. The number of ether oxygens (including phenoxy) is 8. The summed E-state index contributed by atoms with van der Waals surface area (Å²) in [4.78, 5) is 70.8. The van der Waals surface area contributed by atoms with Crippen LogP contribution in [0, 0.1) is 99.1 Å². The summed E-state index contributed by atoms with van der Waals surface area (Å²) in [5.41, 5.74) is 18.2. The Balaban J connectivity index is 0.000000137. The molecule has 0 aromatic heterocycles. The van der Waals surface area contributed by atoms with Crippen molar-refractivity contribution in [2.75, 3.05) is 21.3 Å². The fourth-order valence-electron chi connectivity index (χ4n) is 13.6. The van der Waals surface area contributed by atoms with E-state index in [-0.39, 0.29) is 17.9 Å². The SMILES string of the molecule is COc1cc(/C=[N+]2/C(=O)Oc3c(C)cc(C)cc32)cc(OC)c1OC.Cc1cc(C)c2c(c1)/[N+](=C\C1CCCCC1)C(=O)O2.Cc1cc(C)c2c(c1)/[N+](=C\c1ccc(C(F)(F)F)cc1)C(=O)O2.Cc1cc(C)c2c(c1)/[N+](=C\c1ccc([N+](=O)[O-])cc1)C(=O)O2.Cc1ccc(C)c(/C=[N+]2/C(=O)Oc3c(C)cc(C)cc32)c1. The minimum atomic E-state index is -4.38. The lowest BCUT2D eigenvalue weighted by Gasteiger charge is -2.14. The third kappa shape index (κ3) is 17.4. The van der Waals surface area contributed by atoms with Crippen molar-refractivity contribution in [3.05, 3.63) is 244 Å². The highest BCUT2D eigenvalue weighted by Gasteiger charge is 2.43. The zero-order valence-corrected chi connectivity index (χ0v) is 63.7. The number of nitrogens with zero attached hydrogens (tertiary/aromatic N) is 6. The molecule has 9 aromatic rings. The Labute approximate surface area is 634 Å². The number of aryl methyl sites for hydroxylation is 12. The maximum absolute atomic E-state index is 12.6. The first-order chi connectivity index (χ1) is 52.3. The van der Waals surface area contributed by atoms with Crippen LogP contribution >= 0.6 is 0 Å². The van der Waals surface area contributed by atoms with Gasteiger partial charge >= 0.3 is 36.6 Å². The lowest BCUT2D eigenvalue weighted by Crippen LogP contribution is -2.19. The molecular formula is C86H84F3N6O15+5. The third-order valence-electron chi connectivity index (χ3n) is 18.8. The molecular weight excluding hydrogens is 1410 g/mol. The molecule has 0 saturated heterocycles. The van der Waals surface area contributed by atoms with Gasteiger partial charge in [0.05, 0.1) is 31.8 Å². The van der Waals surface area contributed by atoms with Crippen LogP contribution in [0.25, 0.3) is 0 Å². The molecule has 0 radical (unpaired) electrons. The van der Waals surface area contributed by atoms with Crippen LogP contribution in [0.4, 0.5) is 71.3 Å². The smallest absolute Gasteiger partial charge is 0.493 e. The van der Waals surface area contributed by atoms with E-state index in [1.807, 2.05) is 131 Å². The van der Waals surface area contributed by atoms with E-state index in [2.05, 4.69) is 37.4 Å². The molecule has 110 heavy (non-hydrogen) atoms. The summed E-state index contributed by atoms with van der Waals surface area (Å²) in [5.74, 6) is 5.03. The number of benzene rings is 9. The second-order valence-electron chi connectivity index (χ2n) is 27.7. The minimum Gasteiger partial charge on any atom is -0.493 e. The van der Waals surface area contributed by atoms with Crippen molar-refractivity contribution < 1.29 is 103 Å². The van der Waals surface area contributed by atoms with Crippen molar-refractivity contribution in [1.82, 2.24) is 0 Å². The molecule has 24 heteroatoms. The number of rotatable bonds is 9. The molecule has 5 amide bonds. The fourth-order valence-corrected chi connectivity index (χ4v) is 13.6. The molecule has 5 aliphatic heterocycles. The summed E-state index contributed by atoms with van der Waals surface area (Å²) in [6.45, 7) is 23.6. The number of nitro benzene ring substituents is 1. The van der Waals surface area contributed by atoms with Crippen LogP contribution in [-0.2, 0) is 6.18 Å². The first-order valence-electron chi connectivity index (χ1n) is 35.4. The summed E-state index contributed by atoms with van der Waals surface area (Å²) in [7, 11) is 4.64. The van der Waals surface area contributed by atoms with Gasteiger partial charge in [-0.15, -0.1) is 0 Å². The first-order valence-corrected chi connectivity index (χ1v) is 35.4. The highest BCUT2D eigenvalue weighted by molar-refractivity contribution is 5.91. The molecule has 1 aliphatic carbocycles. The molecule has 0 spiro atoms. The number of methoxy groups -OCH3 is 3. The zero-order chi connectivity index (χ0) is 79.3. The number of nitro groups is 1. The topological polar surface area (TPSA) is 217 Å². The predicted octanol–water partition coefficient (Wildman–Crippen LogP) is 20.0. The molecule has 15 rings (SSSR count). The first kappa shape index (κ1) is 78.3. The van der Waals surface area contributed by atoms with Crippen LogP contribution in [0.1, 0.15) is 127 Å². The van der Waals surface area contributed by atoms with Crippen molar-refractivity contribution in [2.45, 2.75) is 121 Å². The van der Waals surface area contributed by atoms with E-state index in [0.717, 1.165) is 107 Å². The van der Waals surface area contributed by atoms with Crippen LogP contribution in [0.5, 0.6) is 46.0 Å². The van der Waals surface area contributed by atoms with Crippen molar-refractivity contribution in [2.24, 2.45) is 5.92 Å². The molecule has 0 unspecified atom stereocenters. The van der Waals surface area contributed by atoms with E-state index in [0.29, 0.717) is 68.7 Å². The van der Waals surface area contributed by atoms with Gasteiger partial charge in [-0.25, -0.2) is 0 Å². The normalized spacial score (nSPS) is 16.1. The molecule has 21 nitrogen and oxygen atoms in total. The molecule has 6 aliphatic rings. The lowest BCUT2D eigenvalue weighted by atomic mass is 9.90. The number of non-ortho nitro benzene ring substituents is 1. The Bertz CT molecular complexity index is 5390. The van der Waals surface area contributed by atoms with E-state index < -0.39 is 34.9 Å². The number of alkyl halides is 3. The van der Waals surface area contributed by atoms with Crippen molar-refractivity contribution in [3.63, 3.8) is 0 Å². The maximum atomic E-state index is 12.6. The molecule has 1 saturated carbocycles. The predicted molar refractivity (Wildman–Crippen MR) is 409 cm³/mol. The summed E-state index contributed by atoms with van der Waals surface area (Å²) in [6, 6.07) is 39.8. The molecule has 564 valence electrons. The summed E-state index contributed by atoms with van der Waals surface area (Å²) >= 11 is 0. The van der Waals surface area contributed by atoms with Gasteiger partial charge in [-0.3, -0.25) is 10.1 Å². The van der Waals surface area contributed by atoms with Gasteiger partial charge in [0.15, 0.2) is 42.6 Å². The molecule has 0 bridgehead atoms. The summed E-state index contributed by atoms with van der Waals surface area (Å²) in [6.07, 6.45) is 8.43. The van der Waals surface area contributed by atoms with Gasteiger partial charge in [0.25, 0.3) is 34.1 Å². The van der Waals surface area contributed by atoms with E-state index in [9.17, 15) is 47.3 Å². The molecule has 9 aromatic carbocycles. The van der Waals surface area contributed by atoms with Gasteiger partial charge in [-0.2, -0.15) is 37.1 Å². The van der Waals surface area contributed by atoms with Gasteiger partial charge in [0.1, 0.15) is 0 Å². The fraction of sp³-hybridized carbons (Fsp3) is 0.256. The van der Waals surface area contributed by atoms with E-state index >= 15 is 0 Å². The Hall–Kier alpha value is -12.7. The summed E-state index contributed by atoms with van der Waals surface area (Å²) in [5, 5.41) is 10.7. The van der Waals surface area contributed by atoms with Gasteiger partial charge in [0.2, 0.25) is 34.5 Å². The van der Waals surface area contributed by atoms with Gasteiger partial charge < -0.3 is 37.9 Å². The molecule has 5 heterocycles. The van der Waals surface area contributed by atoms with Crippen LogP contribution in [0.2, 0.25) is 0 Å². The second kappa shape index (κ2) is 32.8. The van der Waals surface area contributed by atoms with E-state index in [1.54, 1.807) is 73.2 Å². The van der Waals surface area contributed by atoms with Crippen molar-refractivity contribution in [1.29, 1.82) is 0 Å². The number of hydrogen-bond donors (Lipinski definition) is 0. The Morgan fingerprint density at radius 3 is 1.07 bits per heavy atom. The van der Waals surface area contributed by atoms with Crippen LogP contribution < -0.4 is 37.9 Å². The third-order valence-corrected chi connectivity index (χ3v) is 18.8. The van der Waals surface area contributed by atoms with E-state index in [1.165, 1.54) is 81.9 Å². The highest BCUT2D eigenvalue weighted by Crippen LogP contribution is 2.44. The average Bonchev–Trinajstić information content (AvgIpc) is 1.65. The Morgan fingerprint density at radius 2 is 0.727 bits per heavy atom. The quantitative estimate of drug-likeness (QED) is 0.0746. The number of fused-ring (bicyclic) bond motifs is 5. The maximum Gasteiger partial charge on any atom is 0.608 e. The standard InChI is InChI=1S/C19H20NO5.C18H18NO2.C17H13F3NO2.C16H13N2O4.C16H20NO2/c1-11-6-12(2)17-14(7-11)20(19(21)25-17)10-13-8-15(22-3)18(24-5)16(9-13)23-4;1-11-5-6-13(3)15(8-11)10-19-16-9-12(2)7-14(4)17(16)21-18(19)20;1-10-7-11(2)15-14(8-10)21(16(22)23-15)9-12-3-5-13(6-4-12)17(18,19)20;1-10-7-11(2)15-14(8-10)17(16(19)22-15)9-12-3-5-13(6-4-12)18(20)21;1-11-8-12(2)15-14(9-11)17(16(18)19-15)10-13-6-4-3-5-7-13/h6-10H,1-5H3;5-10H,1-4H3;3-9H,1-2H3;3-9H,1-2H3;8-10,13H,3-7H2,1-2H3/q5*+1/b20-10+;19-10+;21-9+;17-9+;17-10+. The monoisotopic (exact) mass is 1500 g/mol. The van der Waals surface area contributed by atoms with Gasteiger partial charge in [-0.05, 0) is 212 Å². The number of carbonyl (C=O) groups excluding carboxylic acids is 5. The summed E-state index contributed by atoms with van der Waals surface area (Å²) < 4.78 is 88.0. The van der Waals surface area contributed by atoms with Crippen LogP contribution in [-0.4, -0.2) is 111 Å². The largest absolute Gasteiger partial charge is 0.608 e. The number of hydrogen-bond acceptors (Lipinski definition) is 15. The Kier molecular flexibility index (Phi) is 23.3. The van der Waals surface area contributed by atoms with E-state index in [4.69, 9.17) is 37.9 Å². The van der Waals surface area contributed by atoms with Gasteiger partial charge in [0, 0.05) is 70.6 Å². The number of amides is 5. The lowest BCUT2D eigenvalue weighted by molar-refractivity contribution is -0.384. The van der Waals surface area contributed by atoms with Gasteiger partial charge in [-0.1, -0.05) is 90.2 Å². The molecule has 0 N–H and O–H groups in total. The zero-order valence-electron chi connectivity index (χ0n) is 63.7. The highest BCUT2D eigenvalue weighted by atomic mass is 19.4. The second-order valence-corrected chi connectivity index (χ2v) is 27.7. The Morgan fingerprint density at radius 1 is 0.391 bits per heavy atom. The number of halogens is 3. The van der Waals surface area contributed by atoms with Crippen molar-refractivity contribution >= 4 is 95.7 Å². The van der Waals surface area contributed by atoms with Crippen molar-refractivity contribution in [3.8, 4) is 46.0 Å².